The van der Waals surface area contributed by atoms with Crippen LogP contribution in [0.15, 0.2) is 0 Å². The highest BCUT2D eigenvalue weighted by Crippen LogP contribution is 2.22. The molecule has 2 rings (SSSR count). The Morgan fingerprint density at radius 2 is 2.31 bits per heavy atom. The lowest BCUT2D eigenvalue weighted by Crippen LogP contribution is -2.45. The third kappa shape index (κ3) is 2.83. The summed E-state index contributed by atoms with van der Waals surface area (Å²) in [6.45, 7) is 5.63. The number of ketones is 1. The molecule has 2 saturated heterocycles. The lowest BCUT2D eigenvalue weighted by Gasteiger charge is -2.37. The molecular weight excluding hydrogens is 202 g/mol. The van der Waals surface area contributed by atoms with Crippen LogP contribution in [0.2, 0.25) is 0 Å². The maximum absolute atomic E-state index is 11.8. The van der Waals surface area contributed by atoms with E-state index in [1.165, 1.54) is 32.2 Å². The van der Waals surface area contributed by atoms with E-state index in [0.29, 0.717) is 31.5 Å². The first-order valence-corrected chi connectivity index (χ1v) is 6.65. The van der Waals surface area contributed by atoms with E-state index < -0.39 is 0 Å². The van der Waals surface area contributed by atoms with Gasteiger partial charge in [-0.2, -0.15) is 0 Å². The van der Waals surface area contributed by atoms with Gasteiger partial charge in [0.05, 0.1) is 19.1 Å². The third-order valence-electron chi connectivity index (χ3n) is 3.94. The number of carbonyl (C=O) groups excluding carboxylic acids is 1. The lowest BCUT2D eigenvalue weighted by molar-refractivity contribution is -0.131. The molecular formula is C13H23NO2. The minimum atomic E-state index is 0.140. The van der Waals surface area contributed by atoms with Crippen LogP contribution in [0.1, 0.15) is 39.0 Å². The largest absolute Gasteiger partial charge is 0.380 e. The monoisotopic (exact) mass is 225 g/mol. The molecule has 0 aromatic heterocycles. The predicted molar refractivity (Wildman–Crippen MR) is 63.4 cm³/mol. The molecule has 2 heterocycles. The van der Waals surface area contributed by atoms with Gasteiger partial charge in [-0.15, -0.1) is 0 Å². The van der Waals surface area contributed by atoms with E-state index in [2.05, 4.69) is 11.8 Å². The van der Waals surface area contributed by atoms with Crippen molar-refractivity contribution in [3.63, 3.8) is 0 Å². The average Bonchev–Trinajstić information content (AvgIpc) is 2.33. The fraction of sp³-hybridized carbons (Fsp3) is 0.923. The Labute approximate surface area is 98.1 Å². The Bertz CT molecular complexity index is 242. The second-order valence-corrected chi connectivity index (χ2v) is 5.04. The summed E-state index contributed by atoms with van der Waals surface area (Å²) in [6.07, 6.45) is 5.78. The number of Topliss-reactive ketones (excluding diaryl/α,β-unsaturated/α-hetero) is 1. The van der Waals surface area contributed by atoms with Gasteiger partial charge in [-0.25, -0.2) is 0 Å². The van der Waals surface area contributed by atoms with Gasteiger partial charge in [-0.05, 0) is 25.8 Å². The van der Waals surface area contributed by atoms with Crippen LogP contribution in [-0.2, 0) is 9.53 Å². The zero-order valence-electron chi connectivity index (χ0n) is 10.3. The molecule has 3 nitrogen and oxygen atoms in total. The molecule has 0 saturated carbocycles. The summed E-state index contributed by atoms with van der Waals surface area (Å²) in [6, 6.07) is 0.698. The van der Waals surface area contributed by atoms with Gasteiger partial charge in [-0.1, -0.05) is 13.3 Å². The van der Waals surface area contributed by atoms with Crippen molar-refractivity contribution in [1.82, 2.24) is 4.90 Å². The minimum absolute atomic E-state index is 0.140. The van der Waals surface area contributed by atoms with Gasteiger partial charge in [0.1, 0.15) is 5.78 Å². The Morgan fingerprint density at radius 3 is 3.06 bits per heavy atom. The molecule has 92 valence electrons. The van der Waals surface area contributed by atoms with Crippen LogP contribution in [-0.4, -0.2) is 43.0 Å². The first-order chi connectivity index (χ1) is 7.81. The van der Waals surface area contributed by atoms with E-state index in [4.69, 9.17) is 4.74 Å². The smallest absolute Gasteiger partial charge is 0.141 e. The zero-order chi connectivity index (χ0) is 11.4. The summed E-state index contributed by atoms with van der Waals surface area (Å²) in [5.41, 5.74) is 0. The molecule has 0 amide bonds. The first kappa shape index (κ1) is 12.1. The number of carbonyl (C=O) groups is 1. The molecule has 2 atom stereocenters. The van der Waals surface area contributed by atoms with Crippen LogP contribution in [0.5, 0.6) is 0 Å². The standard InChI is InChI=1S/C13H23NO2/c1-2-12-5-3-4-7-14(12)9-11-10-16-8-6-13(11)15/h11-12H,2-10H2,1H3. The SMILES string of the molecule is CCC1CCCCN1CC1COCCC1=O. The normalized spacial score (nSPS) is 32.9. The average molecular weight is 225 g/mol. The van der Waals surface area contributed by atoms with Crippen molar-refractivity contribution in [2.24, 2.45) is 5.92 Å². The van der Waals surface area contributed by atoms with E-state index in [1.54, 1.807) is 0 Å². The van der Waals surface area contributed by atoms with Gasteiger partial charge >= 0.3 is 0 Å². The molecule has 2 aliphatic heterocycles. The highest BCUT2D eigenvalue weighted by atomic mass is 16.5. The van der Waals surface area contributed by atoms with Crippen molar-refractivity contribution >= 4 is 5.78 Å². The fourth-order valence-electron chi connectivity index (χ4n) is 2.90. The number of ether oxygens (including phenoxy) is 1. The Hall–Kier alpha value is -0.410. The van der Waals surface area contributed by atoms with Gasteiger partial charge in [0.15, 0.2) is 0 Å². The molecule has 0 aliphatic carbocycles. The van der Waals surface area contributed by atoms with E-state index in [1.807, 2.05) is 0 Å². The van der Waals surface area contributed by atoms with E-state index in [9.17, 15) is 4.79 Å². The topological polar surface area (TPSA) is 29.5 Å². The van der Waals surface area contributed by atoms with Crippen LogP contribution in [0.3, 0.4) is 0 Å². The van der Waals surface area contributed by atoms with E-state index in [-0.39, 0.29) is 5.92 Å². The number of piperidine rings is 1. The molecule has 2 fully saturated rings. The van der Waals surface area contributed by atoms with E-state index >= 15 is 0 Å². The molecule has 16 heavy (non-hydrogen) atoms. The van der Waals surface area contributed by atoms with Crippen LogP contribution in [0.25, 0.3) is 0 Å². The minimum Gasteiger partial charge on any atom is -0.380 e. The van der Waals surface area contributed by atoms with Gasteiger partial charge in [0.2, 0.25) is 0 Å². The summed E-state index contributed by atoms with van der Waals surface area (Å²) < 4.78 is 5.42. The molecule has 3 heteroatoms. The van der Waals surface area contributed by atoms with Gasteiger partial charge in [0, 0.05) is 19.0 Å². The van der Waals surface area contributed by atoms with Crippen LogP contribution in [0.4, 0.5) is 0 Å². The summed E-state index contributed by atoms with van der Waals surface area (Å²) in [5, 5.41) is 0. The first-order valence-electron chi connectivity index (χ1n) is 6.65. The molecule has 0 aromatic rings. The maximum atomic E-state index is 11.8. The quantitative estimate of drug-likeness (QED) is 0.734. The van der Waals surface area contributed by atoms with Crippen LogP contribution in [0, 0.1) is 5.92 Å². The van der Waals surface area contributed by atoms with E-state index in [0.717, 1.165) is 6.54 Å². The van der Waals surface area contributed by atoms with Crippen molar-refractivity contribution in [3.8, 4) is 0 Å². The van der Waals surface area contributed by atoms with Gasteiger partial charge in [-0.3, -0.25) is 9.69 Å². The Balaban J connectivity index is 1.88. The molecule has 0 radical (unpaired) electrons. The molecule has 0 bridgehead atoms. The highest BCUT2D eigenvalue weighted by Gasteiger charge is 2.28. The summed E-state index contributed by atoms with van der Waals surface area (Å²) >= 11 is 0. The van der Waals surface area contributed by atoms with Crippen LogP contribution >= 0.6 is 0 Å². The fourth-order valence-corrected chi connectivity index (χ4v) is 2.90. The Kier molecular flexibility index (Phi) is 4.36. The second-order valence-electron chi connectivity index (χ2n) is 5.04. The number of likely N-dealkylation sites (tertiary alicyclic amines) is 1. The molecule has 0 aromatic carbocycles. The third-order valence-corrected chi connectivity index (χ3v) is 3.94. The van der Waals surface area contributed by atoms with Gasteiger partial charge < -0.3 is 4.74 Å². The summed E-state index contributed by atoms with van der Waals surface area (Å²) in [5.74, 6) is 0.549. The number of hydrogen-bond acceptors (Lipinski definition) is 3. The van der Waals surface area contributed by atoms with Crippen molar-refractivity contribution in [3.05, 3.63) is 0 Å². The van der Waals surface area contributed by atoms with Crippen molar-refractivity contribution < 1.29 is 9.53 Å². The highest BCUT2D eigenvalue weighted by molar-refractivity contribution is 5.82. The van der Waals surface area contributed by atoms with Crippen molar-refractivity contribution in [2.45, 2.75) is 45.1 Å². The Morgan fingerprint density at radius 1 is 1.44 bits per heavy atom. The maximum Gasteiger partial charge on any atom is 0.141 e. The molecule has 0 spiro atoms. The second kappa shape index (κ2) is 5.78. The van der Waals surface area contributed by atoms with Crippen LogP contribution < -0.4 is 0 Å². The molecule has 2 unspecified atom stereocenters. The molecule has 0 N–H and O–H groups in total. The summed E-state index contributed by atoms with van der Waals surface area (Å²) in [7, 11) is 0. The predicted octanol–water partition coefficient (Wildman–Crippen LogP) is 1.86. The number of nitrogens with zero attached hydrogens (tertiary/aromatic N) is 1. The van der Waals surface area contributed by atoms with Crippen molar-refractivity contribution in [2.75, 3.05) is 26.3 Å². The van der Waals surface area contributed by atoms with Gasteiger partial charge in [0.25, 0.3) is 0 Å². The van der Waals surface area contributed by atoms with Crippen molar-refractivity contribution in [1.29, 1.82) is 0 Å². The number of rotatable bonds is 3. The lowest BCUT2D eigenvalue weighted by atomic mass is 9.95. The zero-order valence-corrected chi connectivity index (χ0v) is 10.3. The molecule has 2 aliphatic rings. The number of hydrogen-bond donors (Lipinski definition) is 0. The summed E-state index contributed by atoms with van der Waals surface area (Å²) in [4.78, 5) is 14.3.